The summed E-state index contributed by atoms with van der Waals surface area (Å²) < 4.78 is 5.55. The van der Waals surface area contributed by atoms with Crippen LogP contribution in [0.2, 0.25) is 0 Å². The Hall–Kier alpha value is -0.570. The first-order chi connectivity index (χ1) is 7.21. The molecule has 1 unspecified atom stereocenters. The number of nitrogens with one attached hydrogen (secondary N) is 1. The number of carbonyl (C=O) groups excluding carboxylic acids is 1. The highest BCUT2D eigenvalue weighted by Crippen LogP contribution is 2.25. The Morgan fingerprint density at radius 2 is 2.00 bits per heavy atom. The first kappa shape index (κ1) is 10.9. The van der Waals surface area contributed by atoms with Gasteiger partial charge in [-0.05, 0) is 58.4 Å². The molecule has 86 valence electrons. The van der Waals surface area contributed by atoms with E-state index in [2.05, 4.69) is 5.32 Å². The fourth-order valence-corrected chi connectivity index (χ4v) is 2.52. The number of piperidine rings is 1. The second-order valence-corrected chi connectivity index (χ2v) is 5.03. The summed E-state index contributed by atoms with van der Waals surface area (Å²) in [5.41, 5.74) is -0.416. The predicted octanol–water partition coefficient (Wildman–Crippen LogP) is 2.00. The van der Waals surface area contributed by atoms with E-state index in [1.165, 1.54) is 19.3 Å². The van der Waals surface area contributed by atoms with Gasteiger partial charge in [0.1, 0.15) is 11.6 Å². The summed E-state index contributed by atoms with van der Waals surface area (Å²) in [6.45, 7) is 2.92. The van der Waals surface area contributed by atoms with E-state index < -0.39 is 5.54 Å². The molecular formula is C12H21NO2. The second kappa shape index (κ2) is 4.52. The Bertz CT molecular complexity index is 228. The van der Waals surface area contributed by atoms with E-state index in [0.29, 0.717) is 0 Å². The number of ether oxygens (including phenoxy) is 1. The van der Waals surface area contributed by atoms with E-state index in [0.717, 1.165) is 32.2 Å². The van der Waals surface area contributed by atoms with Crippen molar-refractivity contribution in [2.45, 2.75) is 63.5 Å². The fourth-order valence-electron chi connectivity index (χ4n) is 2.52. The van der Waals surface area contributed by atoms with E-state index in [-0.39, 0.29) is 12.1 Å². The summed E-state index contributed by atoms with van der Waals surface area (Å²) in [6.07, 6.45) is 7.94. The highest BCUT2D eigenvalue weighted by Gasteiger charge is 2.37. The lowest BCUT2D eigenvalue weighted by molar-refractivity contribution is -0.157. The number of esters is 1. The normalized spacial score (nSPS) is 32.9. The Morgan fingerprint density at radius 3 is 2.60 bits per heavy atom. The van der Waals surface area contributed by atoms with Crippen LogP contribution >= 0.6 is 0 Å². The van der Waals surface area contributed by atoms with Gasteiger partial charge >= 0.3 is 5.97 Å². The standard InChI is InChI=1S/C12H21NO2/c1-12(8-4-5-9-13-12)11(14)15-10-6-2-3-7-10/h10,13H,2-9H2,1H3. The van der Waals surface area contributed by atoms with Crippen LogP contribution in [0.15, 0.2) is 0 Å². The summed E-state index contributed by atoms with van der Waals surface area (Å²) in [5, 5.41) is 3.29. The van der Waals surface area contributed by atoms with Gasteiger partial charge in [0, 0.05) is 0 Å². The molecule has 3 heteroatoms. The molecule has 3 nitrogen and oxygen atoms in total. The van der Waals surface area contributed by atoms with Crippen LogP contribution in [0.3, 0.4) is 0 Å². The second-order valence-electron chi connectivity index (χ2n) is 5.03. The summed E-state index contributed by atoms with van der Waals surface area (Å²) >= 11 is 0. The molecule has 2 aliphatic rings. The Morgan fingerprint density at radius 1 is 1.27 bits per heavy atom. The molecule has 0 bridgehead atoms. The highest BCUT2D eigenvalue weighted by atomic mass is 16.5. The first-order valence-corrected chi connectivity index (χ1v) is 6.17. The Kier molecular flexibility index (Phi) is 3.29. The van der Waals surface area contributed by atoms with Gasteiger partial charge in [-0.2, -0.15) is 0 Å². The molecule has 1 aliphatic carbocycles. The van der Waals surface area contributed by atoms with Crippen molar-refractivity contribution < 1.29 is 9.53 Å². The SMILES string of the molecule is CC1(C(=O)OC2CCCC2)CCCCN1. The third-order valence-electron chi connectivity index (χ3n) is 3.65. The zero-order valence-electron chi connectivity index (χ0n) is 9.55. The molecule has 1 saturated carbocycles. The molecule has 1 atom stereocenters. The van der Waals surface area contributed by atoms with E-state index in [4.69, 9.17) is 4.74 Å². The molecule has 0 aromatic heterocycles. The average molecular weight is 211 g/mol. The van der Waals surface area contributed by atoms with Crippen LogP contribution in [-0.2, 0) is 9.53 Å². The highest BCUT2D eigenvalue weighted by molar-refractivity contribution is 5.80. The molecule has 1 aliphatic heterocycles. The molecule has 1 saturated heterocycles. The smallest absolute Gasteiger partial charge is 0.326 e. The maximum atomic E-state index is 12.0. The van der Waals surface area contributed by atoms with Gasteiger partial charge in [0.25, 0.3) is 0 Å². The van der Waals surface area contributed by atoms with Crippen molar-refractivity contribution in [3.8, 4) is 0 Å². The summed E-state index contributed by atoms with van der Waals surface area (Å²) in [4.78, 5) is 12.0. The number of hydrogen-bond donors (Lipinski definition) is 1. The number of hydrogen-bond acceptors (Lipinski definition) is 3. The Labute approximate surface area is 91.6 Å². The van der Waals surface area contributed by atoms with Crippen LogP contribution in [0.5, 0.6) is 0 Å². The molecule has 2 fully saturated rings. The summed E-state index contributed by atoms with van der Waals surface area (Å²) in [7, 11) is 0. The van der Waals surface area contributed by atoms with Crippen LogP contribution in [0.1, 0.15) is 51.9 Å². The molecule has 0 aromatic rings. The molecular weight excluding hydrogens is 190 g/mol. The molecule has 1 heterocycles. The lowest BCUT2D eigenvalue weighted by Crippen LogP contribution is -2.53. The molecule has 15 heavy (non-hydrogen) atoms. The fraction of sp³-hybridized carbons (Fsp3) is 0.917. The third kappa shape index (κ3) is 2.51. The van der Waals surface area contributed by atoms with E-state index in [1.54, 1.807) is 0 Å². The lowest BCUT2D eigenvalue weighted by Gasteiger charge is -2.33. The predicted molar refractivity (Wildman–Crippen MR) is 58.6 cm³/mol. The largest absolute Gasteiger partial charge is 0.461 e. The van der Waals surface area contributed by atoms with Crippen molar-refractivity contribution in [3.05, 3.63) is 0 Å². The minimum atomic E-state index is -0.416. The number of rotatable bonds is 2. The van der Waals surface area contributed by atoms with Gasteiger partial charge < -0.3 is 10.1 Å². The van der Waals surface area contributed by atoms with Gasteiger partial charge in [0.05, 0.1) is 0 Å². The van der Waals surface area contributed by atoms with Crippen LogP contribution in [0.25, 0.3) is 0 Å². The molecule has 0 spiro atoms. The van der Waals surface area contributed by atoms with Crippen molar-refractivity contribution in [1.82, 2.24) is 5.32 Å². The maximum absolute atomic E-state index is 12.0. The maximum Gasteiger partial charge on any atom is 0.326 e. The van der Waals surface area contributed by atoms with Crippen LogP contribution in [-0.4, -0.2) is 24.2 Å². The van der Waals surface area contributed by atoms with Crippen molar-refractivity contribution >= 4 is 5.97 Å². The lowest BCUT2D eigenvalue weighted by atomic mass is 9.91. The van der Waals surface area contributed by atoms with Gasteiger partial charge in [-0.3, -0.25) is 4.79 Å². The quantitative estimate of drug-likeness (QED) is 0.710. The van der Waals surface area contributed by atoms with E-state index in [9.17, 15) is 4.79 Å². The molecule has 0 amide bonds. The van der Waals surface area contributed by atoms with Crippen LogP contribution in [0.4, 0.5) is 0 Å². The van der Waals surface area contributed by atoms with Crippen LogP contribution in [0, 0.1) is 0 Å². The van der Waals surface area contributed by atoms with Crippen molar-refractivity contribution in [1.29, 1.82) is 0 Å². The molecule has 1 N–H and O–H groups in total. The first-order valence-electron chi connectivity index (χ1n) is 6.17. The molecule has 0 aromatic carbocycles. The van der Waals surface area contributed by atoms with Crippen molar-refractivity contribution in [3.63, 3.8) is 0 Å². The average Bonchev–Trinajstić information content (AvgIpc) is 2.71. The van der Waals surface area contributed by atoms with Gasteiger partial charge in [-0.25, -0.2) is 0 Å². The molecule has 0 radical (unpaired) electrons. The van der Waals surface area contributed by atoms with Gasteiger partial charge in [0.15, 0.2) is 0 Å². The van der Waals surface area contributed by atoms with Crippen LogP contribution < -0.4 is 5.32 Å². The van der Waals surface area contributed by atoms with Crippen molar-refractivity contribution in [2.24, 2.45) is 0 Å². The third-order valence-corrected chi connectivity index (χ3v) is 3.65. The summed E-state index contributed by atoms with van der Waals surface area (Å²) in [5.74, 6) is -0.0332. The Balaban J connectivity index is 1.87. The minimum absolute atomic E-state index is 0.0332. The molecule has 2 rings (SSSR count). The summed E-state index contributed by atoms with van der Waals surface area (Å²) in [6, 6.07) is 0. The van der Waals surface area contributed by atoms with Gasteiger partial charge in [-0.15, -0.1) is 0 Å². The zero-order chi connectivity index (χ0) is 10.7. The van der Waals surface area contributed by atoms with Gasteiger partial charge in [0.2, 0.25) is 0 Å². The topological polar surface area (TPSA) is 38.3 Å². The number of carbonyl (C=O) groups is 1. The van der Waals surface area contributed by atoms with Gasteiger partial charge in [-0.1, -0.05) is 0 Å². The zero-order valence-corrected chi connectivity index (χ0v) is 9.55. The van der Waals surface area contributed by atoms with E-state index >= 15 is 0 Å². The van der Waals surface area contributed by atoms with Crippen molar-refractivity contribution in [2.75, 3.05) is 6.54 Å². The minimum Gasteiger partial charge on any atom is -0.461 e. The monoisotopic (exact) mass is 211 g/mol. The van der Waals surface area contributed by atoms with E-state index in [1.807, 2.05) is 6.92 Å².